The van der Waals surface area contributed by atoms with E-state index in [-0.39, 0.29) is 5.82 Å². The highest BCUT2D eigenvalue weighted by Crippen LogP contribution is 2.30. The zero-order valence-electron chi connectivity index (χ0n) is 10.6. The third kappa shape index (κ3) is 2.93. The van der Waals surface area contributed by atoms with Gasteiger partial charge < -0.3 is 9.64 Å². The van der Waals surface area contributed by atoms with Gasteiger partial charge in [-0.1, -0.05) is 42.5 Å². The number of hydrogen-bond donors (Lipinski definition) is 0. The molecular weight excluding hydrogens is 241 g/mol. The summed E-state index contributed by atoms with van der Waals surface area (Å²) in [6.45, 7) is 2.13. The highest BCUT2D eigenvalue weighted by Gasteiger charge is 2.35. The number of rotatable bonds is 5. The molecule has 0 amide bonds. The number of para-hydroxylation sites is 1. The van der Waals surface area contributed by atoms with E-state index in [4.69, 9.17) is 4.74 Å². The molecular formula is C16H16FNO. The lowest BCUT2D eigenvalue weighted by Gasteiger charge is -2.07. The lowest BCUT2D eigenvalue weighted by Crippen LogP contribution is -2.08. The van der Waals surface area contributed by atoms with Gasteiger partial charge in [-0.15, -0.1) is 0 Å². The highest BCUT2D eigenvalue weighted by molar-refractivity contribution is 5.54. The molecule has 2 aromatic rings. The Hall–Kier alpha value is -1.87. The van der Waals surface area contributed by atoms with Crippen molar-refractivity contribution < 1.29 is 9.13 Å². The average Bonchev–Trinajstić information content (AvgIpc) is 3.20. The number of benzene rings is 2. The largest absolute Gasteiger partial charge is 0.375 e. The smallest absolute Gasteiger partial charge is 0.146 e. The first-order valence-electron chi connectivity index (χ1n) is 6.47. The van der Waals surface area contributed by atoms with Crippen molar-refractivity contribution in [3.8, 4) is 0 Å². The fourth-order valence-corrected chi connectivity index (χ4v) is 2.19. The van der Waals surface area contributed by atoms with Gasteiger partial charge in [-0.05, 0) is 17.7 Å². The molecule has 3 rings (SSSR count). The second kappa shape index (κ2) is 5.41. The van der Waals surface area contributed by atoms with Gasteiger partial charge in [0.1, 0.15) is 5.82 Å². The lowest BCUT2D eigenvalue weighted by atomic mass is 10.2. The van der Waals surface area contributed by atoms with Crippen LogP contribution in [-0.4, -0.2) is 19.2 Å². The van der Waals surface area contributed by atoms with Crippen LogP contribution in [0.15, 0.2) is 54.6 Å². The SMILES string of the molecule is Fc1ccccc1N1CC1COCc1ccccc1. The summed E-state index contributed by atoms with van der Waals surface area (Å²) in [4.78, 5) is 2.03. The Labute approximate surface area is 112 Å². The molecule has 0 aliphatic carbocycles. The van der Waals surface area contributed by atoms with Crippen LogP contribution in [0, 0.1) is 5.82 Å². The molecule has 0 radical (unpaired) electrons. The Bertz CT molecular complexity index is 543. The molecule has 98 valence electrons. The van der Waals surface area contributed by atoms with E-state index >= 15 is 0 Å². The van der Waals surface area contributed by atoms with Crippen molar-refractivity contribution in [2.75, 3.05) is 18.1 Å². The summed E-state index contributed by atoms with van der Waals surface area (Å²) in [6, 6.07) is 17.3. The van der Waals surface area contributed by atoms with E-state index in [1.807, 2.05) is 47.4 Å². The van der Waals surface area contributed by atoms with Crippen LogP contribution in [0.2, 0.25) is 0 Å². The van der Waals surface area contributed by atoms with Gasteiger partial charge in [0, 0.05) is 6.54 Å². The quantitative estimate of drug-likeness (QED) is 0.762. The molecule has 0 aromatic heterocycles. The highest BCUT2D eigenvalue weighted by atomic mass is 19.1. The summed E-state index contributed by atoms with van der Waals surface area (Å²) >= 11 is 0. The number of halogens is 1. The first kappa shape index (κ1) is 12.2. The van der Waals surface area contributed by atoms with E-state index in [2.05, 4.69) is 0 Å². The first-order valence-corrected chi connectivity index (χ1v) is 6.47. The minimum Gasteiger partial charge on any atom is -0.375 e. The van der Waals surface area contributed by atoms with Crippen molar-refractivity contribution in [3.63, 3.8) is 0 Å². The van der Waals surface area contributed by atoms with Crippen LogP contribution >= 0.6 is 0 Å². The van der Waals surface area contributed by atoms with Crippen LogP contribution in [-0.2, 0) is 11.3 Å². The van der Waals surface area contributed by atoms with E-state index in [0.29, 0.717) is 24.9 Å². The Kier molecular flexibility index (Phi) is 3.47. The van der Waals surface area contributed by atoms with E-state index in [1.165, 1.54) is 11.6 Å². The molecule has 2 aromatic carbocycles. The van der Waals surface area contributed by atoms with Gasteiger partial charge >= 0.3 is 0 Å². The van der Waals surface area contributed by atoms with Gasteiger partial charge in [0.25, 0.3) is 0 Å². The second-order valence-electron chi connectivity index (χ2n) is 4.76. The molecule has 0 saturated carbocycles. The van der Waals surface area contributed by atoms with Crippen molar-refractivity contribution in [2.24, 2.45) is 0 Å². The number of hydrogen-bond acceptors (Lipinski definition) is 2. The summed E-state index contributed by atoms with van der Waals surface area (Å²) in [5.74, 6) is -0.159. The Morgan fingerprint density at radius 2 is 1.79 bits per heavy atom. The summed E-state index contributed by atoms with van der Waals surface area (Å²) in [5, 5.41) is 0. The molecule has 1 aliphatic heterocycles. The minimum absolute atomic E-state index is 0.159. The third-order valence-electron chi connectivity index (χ3n) is 3.30. The Morgan fingerprint density at radius 3 is 2.58 bits per heavy atom. The van der Waals surface area contributed by atoms with Gasteiger partial charge in [0.2, 0.25) is 0 Å². The standard InChI is InChI=1S/C16H16FNO/c17-15-8-4-5-9-16(15)18-10-14(18)12-19-11-13-6-2-1-3-7-13/h1-9,14H,10-12H2. The molecule has 1 atom stereocenters. The third-order valence-corrected chi connectivity index (χ3v) is 3.30. The Morgan fingerprint density at radius 1 is 1.05 bits per heavy atom. The number of ether oxygens (including phenoxy) is 1. The maximum absolute atomic E-state index is 13.6. The lowest BCUT2D eigenvalue weighted by molar-refractivity contribution is 0.124. The van der Waals surface area contributed by atoms with Crippen molar-refractivity contribution in [3.05, 3.63) is 66.0 Å². The van der Waals surface area contributed by atoms with Crippen LogP contribution in [0.25, 0.3) is 0 Å². The Balaban J connectivity index is 1.48. The summed E-state index contributed by atoms with van der Waals surface area (Å²) in [5.41, 5.74) is 1.84. The van der Waals surface area contributed by atoms with Crippen LogP contribution < -0.4 is 4.90 Å². The van der Waals surface area contributed by atoms with Crippen molar-refractivity contribution >= 4 is 5.69 Å². The first-order chi connectivity index (χ1) is 9.34. The number of anilines is 1. The molecule has 0 bridgehead atoms. The molecule has 2 nitrogen and oxygen atoms in total. The van der Waals surface area contributed by atoms with E-state index in [9.17, 15) is 4.39 Å². The van der Waals surface area contributed by atoms with Crippen molar-refractivity contribution in [1.29, 1.82) is 0 Å². The topological polar surface area (TPSA) is 12.2 Å². The number of nitrogens with zero attached hydrogens (tertiary/aromatic N) is 1. The van der Waals surface area contributed by atoms with Gasteiger partial charge in [0.05, 0.1) is 24.9 Å². The molecule has 1 fully saturated rings. The normalized spacial score (nSPS) is 17.5. The van der Waals surface area contributed by atoms with E-state index in [0.717, 1.165) is 6.54 Å². The van der Waals surface area contributed by atoms with Crippen molar-refractivity contribution in [1.82, 2.24) is 0 Å². The van der Waals surface area contributed by atoms with Gasteiger partial charge in [0.15, 0.2) is 0 Å². The maximum Gasteiger partial charge on any atom is 0.146 e. The van der Waals surface area contributed by atoms with Gasteiger partial charge in [-0.3, -0.25) is 0 Å². The van der Waals surface area contributed by atoms with E-state index in [1.54, 1.807) is 6.07 Å². The molecule has 0 spiro atoms. The summed E-state index contributed by atoms with van der Waals surface area (Å²) in [6.07, 6.45) is 0. The molecule has 1 aliphatic rings. The van der Waals surface area contributed by atoms with Gasteiger partial charge in [-0.25, -0.2) is 4.39 Å². The fraction of sp³-hybridized carbons (Fsp3) is 0.250. The molecule has 0 N–H and O–H groups in total. The van der Waals surface area contributed by atoms with Crippen LogP contribution in [0.4, 0.5) is 10.1 Å². The van der Waals surface area contributed by atoms with Crippen LogP contribution in [0.1, 0.15) is 5.56 Å². The maximum atomic E-state index is 13.6. The van der Waals surface area contributed by atoms with Crippen molar-refractivity contribution in [2.45, 2.75) is 12.6 Å². The van der Waals surface area contributed by atoms with Gasteiger partial charge in [-0.2, -0.15) is 0 Å². The predicted octanol–water partition coefficient (Wildman–Crippen LogP) is 3.23. The molecule has 3 heteroatoms. The van der Waals surface area contributed by atoms with E-state index < -0.39 is 0 Å². The molecule has 1 heterocycles. The molecule has 1 unspecified atom stereocenters. The zero-order chi connectivity index (χ0) is 13.1. The predicted molar refractivity (Wildman–Crippen MR) is 73.6 cm³/mol. The minimum atomic E-state index is -0.159. The van der Waals surface area contributed by atoms with Crippen LogP contribution in [0.3, 0.4) is 0 Å². The second-order valence-corrected chi connectivity index (χ2v) is 4.76. The monoisotopic (exact) mass is 257 g/mol. The van der Waals surface area contributed by atoms with Crippen LogP contribution in [0.5, 0.6) is 0 Å². The summed E-state index contributed by atoms with van der Waals surface area (Å²) in [7, 11) is 0. The summed E-state index contributed by atoms with van der Waals surface area (Å²) < 4.78 is 19.2. The zero-order valence-corrected chi connectivity index (χ0v) is 10.6. The molecule has 1 saturated heterocycles. The fourth-order valence-electron chi connectivity index (χ4n) is 2.19. The average molecular weight is 257 g/mol. The molecule has 19 heavy (non-hydrogen) atoms.